The quantitative estimate of drug-likeness (QED) is 0.892. The van der Waals surface area contributed by atoms with Gasteiger partial charge < -0.3 is 10.1 Å². The zero-order valence-electron chi connectivity index (χ0n) is 12.1. The molecule has 0 aromatic heterocycles. The van der Waals surface area contributed by atoms with Crippen LogP contribution in [0.5, 0.6) is 5.75 Å². The molecule has 4 heteroatoms. The molecule has 1 N–H and O–H groups in total. The number of nitrogens with one attached hydrogen (secondary N) is 1. The number of carbonyl (C=O) groups excluding carboxylic acids is 1. The summed E-state index contributed by atoms with van der Waals surface area (Å²) < 4.78 is 18.5. The number of hydrogen-bond acceptors (Lipinski definition) is 2. The third-order valence-electron chi connectivity index (χ3n) is 3.13. The van der Waals surface area contributed by atoms with Crippen molar-refractivity contribution in [2.45, 2.75) is 26.4 Å². The van der Waals surface area contributed by atoms with E-state index in [4.69, 9.17) is 4.74 Å². The van der Waals surface area contributed by atoms with E-state index >= 15 is 0 Å². The molecule has 3 nitrogen and oxygen atoms in total. The molecule has 0 bridgehead atoms. The number of anilines is 1. The maximum absolute atomic E-state index is 12.8. The summed E-state index contributed by atoms with van der Waals surface area (Å²) in [5, 5.41) is 2.76. The SMILES string of the molecule is CCC(C)Oc1ccc(NC(=O)c2ccc(F)cc2)cc1. The second kappa shape index (κ2) is 6.88. The van der Waals surface area contributed by atoms with Crippen molar-refractivity contribution in [2.75, 3.05) is 5.32 Å². The Kier molecular flexibility index (Phi) is 4.93. The minimum atomic E-state index is -0.363. The van der Waals surface area contributed by atoms with Gasteiger partial charge in [0.1, 0.15) is 11.6 Å². The summed E-state index contributed by atoms with van der Waals surface area (Å²) in [5.74, 6) is 0.132. The Labute approximate surface area is 123 Å². The normalized spacial score (nSPS) is 11.8. The first-order valence-electron chi connectivity index (χ1n) is 6.92. The highest BCUT2D eigenvalue weighted by molar-refractivity contribution is 6.04. The Bertz CT molecular complexity index is 593. The van der Waals surface area contributed by atoms with Crippen LogP contribution in [0.15, 0.2) is 48.5 Å². The van der Waals surface area contributed by atoms with E-state index in [-0.39, 0.29) is 17.8 Å². The van der Waals surface area contributed by atoms with Crippen LogP contribution < -0.4 is 10.1 Å². The summed E-state index contributed by atoms with van der Waals surface area (Å²) in [6, 6.07) is 12.6. The van der Waals surface area contributed by atoms with E-state index in [2.05, 4.69) is 12.2 Å². The molecule has 1 unspecified atom stereocenters. The lowest BCUT2D eigenvalue weighted by atomic mass is 10.2. The summed E-state index contributed by atoms with van der Waals surface area (Å²) >= 11 is 0. The molecule has 0 aliphatic carbocycles. The zero-order chi connectivity index (χ0) is 15.2. The van der Waals surface area contributed by atoms with Gasteiger partial charge in [0.2, 0.25) is 0 Å². The average molecular weight is 287 g/mol. The van der Waals surface area contributed by atoms with Crippen molar-refractivity contribution < 1.29 is 13.9 Å². The fraction of sp³-hybridized carbons (Fsp3) is 0.235. The van der Waals surface area contributed by atoms with Crippen molar-refractivity contribution in [3.63, 3.8) is 0 Å². The van der Waals surface area contributed by atoms with Gasteiger partial charge in [0.15, 0.2) is 0 Å². The number of rotatable bonds is 5. The van der Waals surface area contributed by atoms with Gasteiger partial charge in [-0.3, -0.25) is 4.79 Å². The zero-order valence-corrected chi connectivity index (χ0v) is 12.1. The molecule has 2 aromatic carbocycles. The molecular weight excluding hydrogens is 269 g/mol. The van der Waals surface area contributed by atoms with Gasteiger partial charge in [0.05, 0.1) is 6.10 Å². The number of amides is 1. The van der Waals surface area contributed by atoms with Crippen molar-refractivity contribution in [2.24, 2.45) is 0 Å². The molecule has 0 saturated carbocycles. The molecule has 0 radical (unpaired) electrons. The number of hydrogen-bond donors (Lipinski definition) is 1. The van der Waals surface area contributed by atoms with Crippen LogP contribution in [0.3, 0.4) is 0 Å². The van der Waals surface area contributed by atoms with Crippen molar-refractivity contribution in [1.29, 1.82) is 0 Å². The van der Waals surface area contributed by atoms with Crippen LogP contribution in [0.1, 0.15) is 30.6 Å². The van der Waals surface area contributed by atoms with Crippen LogP contribution in [0, 0.1) is 5.82 Å². The Balaban J connectivity index is 1.99. The minimum absolute atomic E-state index is 0.157. The van der Waals surface area contributed by atoms with Gasteiger partial charge in [-0.05, 0) is 61.9 Å². The summed E-state index contributed by atoms with van der Waals surface area (Å²) in [7, 11) is 0. The number of carbonyl (C=O) groups is 1. The lowest BCUT2D eigenvalue weighted by molar-refractivity contribution is 0.102. The molecule has 21 heavy (non-hydrogen) atoms. The minimum Gasteiger partial charge on any atom is -0.491 e. The Morgan fingerprint density at radius 3 is 2.33 bits per heavy atom. The average Bonchev–Trinajstić information content (AvgIpc) is 2.49. The summed E-state index contributed by atoms with van der Waals surface area (Å²) in [6.07, 6.45) is 1.09. The highest BCUT2D eigenvalue weighted by atomic mass is 19.1. The van der Waals surface area contributed by atoms with Crippen LogP contribution >= 0.6 is 0 Å². The van der Waals surface area contributed by atoms with Gasteiger partial charge in [-0.2, -0.15) is 0 Å². The highest BCUT2D eigenvalue weighted by Gasteiger charge is 2.06. The maximum Gasteiger partial charge on any atom is 0.255 e. The number of benzene rings is 2. The smallest absolute Gasteiger partial charge is 0.255 e. The lowest BCUT2D eigenvalue weighted by Crippen LogP contribution is -2.12. The van der Waals surface area contributed by atoms with E-state index in [0.717, 1.165) is 12.2 Å². The highest BCUT2D eigenvalue weighted by Crippen LogP contribution is 2.18. The van der Waals surface area contributed by atoms with Crippen molar-refractivity contribution in [3.05, 3.63) is 59.9 Å². The Hall–Kier alpha value is -2.36. The summed E-state index contributed by atoms with van der Waals surface area (Å²) in [6.45, 7) is 4.06. The van der Waals surface area contributed by atoms with Gasteiger partial charge in [0.25, 0.3) is 5.91 Å². The topological polar surface area (TPSA) is 38.3 Å². The van der Waals surface area contributed by atoms with Gasteiger partial charge in [-0.25, -0.2) is 4.39 Å². The second-order valence-electron chi connectivity index (χ2n) is 4.82. The van der Waals surface area contributed by atoms with Crippen LogP contribution in [0.2, 0.25) is 0 Å². The molecule has 2 aromatic rings. The molecule has 0 aliphatic heterocycles. The van der Waals surface area contributed by atoms with Crippen LogP contribution in [0.25, 0.3) is 0 Å². The predicted octanol–water partition coefficient (Wildman–Crippen LogP) is 4.26. The van der Waals surface area contributed by atoms with Crippen LogP contribution in [0.4, 0.5) is 10.1 Å². The van der Waals surface area contributed by atoms with E-state index < -0.39 is 0 Å². The molecule has 0 spiro atoms. The molecule has 2 rings (SSSR count). The Morgan fingerprint density at radius 2 is 1.76 bits per heavy atom. The third-order valence-corrected chi connectivity index (χ3v) is 3.13. The first kappa shape index (κ1) is 15.0. The summed E-state index contributed by atoms with van der Waals surface area (Å²) in [5.41, 5.74) is 1.08. The fourth-order valence-corrected chi connectivity index (χ4v) is 1.74. The van der Waals surface area contributed by atoms with E-state index in [1.165, 1.54) is 24.3 Å². The molecular formula is C17H18FNO2. The maximum atomic E-state index is 12.8. The summed E-state index contributed by atoms with van der Waals surface area (Å²) in [4.78, 5) is 12.0. The Morgan fingerprint density at radius 1 is 1.14 bits per heavy atom. The largest absolute Gasteiger partial charge is 0.491 e. The standard InChI is InChI=1S/C17H18FNO2/c1-3-12(2)21-16-10-8-15(9-11-16)19-17(20)13-4-6-14(18)7-5-13/h4-12H,3H2,1-2H3,(H,19,20). The third kappa shape index (κ3) is 4.31. The monoisotopic (exact) mass is 287 g/mol. The number of ether oxygens (including phenoxy) is 1. The molecule has 0 aliphatic rings. The van der Waals surface area contributed by atoms with Crippen LogP contribution in [-0.4, -0.2) is 12.0 Å². The molecule has 0 fully saturated rings. The molecule has 0 heterocycles. The van der Waals surface area contributed by atoms with E-state index in [0.29, 0.717) is 11.3 Å². The first-order valence-corrected chi connectivity index (χ1v) is 6.92. The molecule has 1 atom stereocenters. The van der Waals surface area contributed by atoms with Crippen molar-refractivity contribution in [3.8, 4) is 5.75 Å². The second-order valence-corrected chi connectivity index (χ2v) is 4.82. The van der Waals surface area contributed by atoms with Crippen molar-refractivity contribution >= 4 is 11.6 Å². The van der Waals surface area contributed by atoms with Gasteiger partial charge in [-0.1, -0.05) is 6.92 Å². The molecule has 0 saturated heterocycles. The molecule has 1 amide bonds. The first-order chi connectivity index (χ1) is 10.1. The fourth-order valence-electron chi connectivity index (χ4n) is 1.74. The van der Waals surface area contributed by atoms with Gasteiger partial charge in [-0.15, -0.1) is 0 Å². The predicted molar refractivity (Wildman–Crippen MR) is 81.2 cm³/mol. The van der Waals surface area contributed by atoms with E-state index in [1.54, 1.807) is 12.1 Å². The molecule has 110 valence electrons. The van der Waals surface area contributed by atoms with Gasteiger partial charge >= 0.3 is 0 Å². The van der Waals surface area contributed by atoms with E-state index in [1.807, 2.05) is 19.1 Å². The van der Waals surface area contributed by atoms with Crippen molar-refractivity contribution in [1.82, 2.24) is 0 Å². The van der Waals surface area contributed by atoms with Crippen LogP contribution in [-0.2, 0) is 0 Å². The van der Waals surface area contributed by atoms with E-state index in [9.17, 15) is 9.18 Å². The number of halogens is 1. The van der Waals surface area contributed by atoms with Gasteiger partial charge in [0, 0.05) is 11.3 Å². The lowest BCUT2D eigenvalue weighted by Gasteiger charge is -2.13.